The van der Waals surface area contributed by atoms with Crippen molar-refractivity contribution in [3.8, 4) is 11.1 Å². The van der Waals surface area contributed by atoms with E-state index in [1.165, 1.54) is 12.1 Å². The van der Waals surface area contributed by atoms with E-state index in [2.05, 4.69) is 10.6 Å². The molecule has 0 spiro atoms. The molecule has 0 aromatic heterocycles. The summed E-state index contributed by atoms with van der Waals surface area (Å²) in [6, 6.07) is 11.2. The van der Waals surface area contributed by atoms with E-state index in [4.69, 9.17) is 16.3 Å². The molecule has 1 heterocycles. The molecular weight excluding hydrogens is 331 g/mol. The molecule has 3 rings (SSSR count). The SMILES string of the molecule is O=C(NC[C@@H]1CNCCO1)c1cccc(-c2cc(Cl)ccc2F)c1. The lowest BCUT2D eigenvalue weighted by atomic mass is 10.0. The van der Waals surface area contributed by atoms with Crippen LogP contribution in [-0.2, 0) is 4.74 Å². The highest BCUT2D eigenvalue weighted by Gasteiger charge is 2.15. The van der Waals surface area contributed by atoms with Crippen LogP contribution in [0, 0.1) is 5.82 Å². The van der Waals surface area contributed by atoms with Gasteiger partial charge in [-0.25, -0.2) is 4.39 Å². The third-order valence-electron chi connectivity index (χ3n) is 3.86. The molecular formula is C18H18ClFN2O2. The Labute approximate surface area is 145 Å². The summed E-state index contributed by atoms with van der Waals surface area (Å²) in [5, 5.41) is 6.51. The first-order chi connectivity index (χ1) is 11.6. The fourth-order valence-electron chi connectivity index (χ4n) is 2.61. The Morgan fingerprint density at radius 3 is 3.00 bits per heavy atom. The molecule has 1 aliphatic rings. The largest absolute Gasteiger partial charge is 0.374 e. The maximum Gasteiger partial charge on any atom is 0.251 e. The molecule has 0 bridgehead atoms. The van der Waals surface area contributed by atoms with Crippen LogP contribution in [0.25, 0.3) is 11.1 Å². The lowest BCUT2D eigenvalue weighted by molar-refractivity contribution is 0.0287. The van der Waals surface area contributed by atoms with Crippen LogP contribution in [-0.4, -0.2) is 38.3 Å². The molecule has 2 N–H and O–H groups in total. The van der Waals surface area contributed by atoms with Gasteiger partial charge in [-0.2, -0.15) is 0 Å². The van der Waals surface area contributed by atoms with Crippen LogP contribution in [0.15, 0.2) is 42.5 Å². The molecule has 126 valence electrons. The third-order valence-corrected chi connectivity index (χ3v) is 4.09. The predicted octanol–water partition coefficient (Wildman–Crippen LogP) is 2.86. The van der Waals surface area contributed by atoms with Crippen LogP contribution < -0.4 is 10.6 Å². The maximum atomic E-state index is 14.0. The standard InChI is InChI=1S/C18H18ClFN2O2/c19-14-4-5-17(20)16(9-14)12-2-1-3-13(8-12)18(23)22-11-15-10-21-6-7-24-15/h1-5,8-9,15,21H,6-7,10-11H2,(H,22,23)/t15-/m0/s1. The number of morpholine rings is 1. The summed E-state index contributed by atoms with van der Waals surface area (Å²) in [7, 11) is 0. The minimum Gasteiger partial charge on any atom is -0.374 e. The van der Waals surface area contributed by atoms with E-state index in [1.54, 1.807) is 30.3 Å². The molecule has 1 atom stereocenters. The number of carbonyl (C=O) groups excluding carboxylic acids is 1. The normalized spacial score (nSPS) is 17.5. The summed E-state index contributed by atoms with van der Waals surface area (Å²) < 4.78 is 19.5. The Bertz CT molecular complexity index is 733. The van der Waals surface area contributed by atoms with Crippen molar-refractivity contribution in [2.45, 2.75) is 6.10 Å². The first-order valence-corrected chi connectivity index (χ1v) is 8.17. The van der Waals surface area contributed by atoms with Gasteiger partial charge in [0.25, 0.3) is 5.91 Å². The van der Waals surface area contributed by atoms with Crippen molar-refractivity contribution >= 4 is 17.5 Å². The number of nitrogens with one attached hydrogen (secondary N) is 2. The highest BCUT2D eigenvalue weighted by molar-refractivity contribution is 6.30. The van der Waals surface area contributed by atoms with Crippen molar-refractivity contribution in [2.24, 2.45) is 0 Å². The molecule has 0 saturated carbocycles. The lowest BCUT2D eigenvalue weighted by Crippen LogP contribution is -2.45. The molecule has 0 radical (unpaired) electrons. The molecule has 24 heavy (non-hydrogen) atoms. The molecule has 1 saturated heterocycles. The first kappa shape index (κ1) is 16.9. The molecule has 0 aliphatic carbocycles. The van der Waals surface area contributed by atoms with Gasteiger partial charge in [-0.15, -0.1) is 0 Å². The summed E-state index contributed by atoms with van der Waals surface area (Å²) in [4.78, 5) is 12.3. The highest BCUT2D eigenvalue weighted by Crippen LogP contribution is 2.26. The number of rotatable bonds is 4. The quantitative estimate of drug-likeness (QED) is 0.893. The summed E-state index contributed by atoms with van der Waals surface area (Å²) in [5.74, 6) is -0.591. The topological polar surface area (TPSA) is 50.4 Å². The van der Waals surface area contributed by atoms with Gasteiger partial charge in [0.1, 0.15) is 5.82 Å². The number of hydrogen-bond acceptors (Lipinski definition) is 3. The second kappa shape index (κ2) is 7.75. The van der Waals surface area contributed by atoms with Crippen LogP contribution in [0.4, 0.5) is 4.39 Å². The van der Waals surface area contributed by atoms with Crippen LogP contribution in [0.2, 0.25) is 5.02 Å². The van der Waals surface area contributed by atoms with Crippen LogP contribution in [0.5, 0.6) is 0 Å². The summed E-state index contributed by atoms with van der Waals surface area (Å²) in [6.07, 6.45) is -0.0312. The van der Waals surface area contributed by atoms with Gasteiger partial charge >= 0.3 is 0 Å². The van der Waals surface area contributed by atoms with Crippen molar-refractivity contribution in [2.75, 3.05) is 26.2 Å². The molecule has 0 unspecified atom stereocenters. The van der Waals surface area contributed by atoms with E-state index < -0.39 is 0 Å². The molecule has 6 heteroatoms. The maximum absolute atomic E-state index is 14.0. The van der Waals surface area contributed by atoms with Gasteiger partial charge in [0.2, 0.25) is 0 Å². The van der Waals surface area contributed by atoms with Crippen LogP contribution >= 0.6 is 11.6 Å². The minimum absolute atomic E-state index is 0.0312. The molecule has 1 amide bonds. The Balaban J connectivity index is 1.72. The molecule has 1 aliphatic heterocycles. The summed E-state index contributed by atoms with van der Waals surface area (Å²) in [5.41, 5.74) is 1.45. The summed E-state index contributed by atoms with van der Waals surface area (Å²) in [6.45, 7) is 2.62. The average molecular weight is 349 g/mol. The monoisotopic (exact) mass is 348 g/mol. The first-order valence-electron chi connectivity index (χ1n) is 7.79. The number of amides is 1. The predicted molar refractivity (Wildman–Crippen MR) is 91.8 cm³/mol. The van der Waals surface area contributed by atoms with E-state index >= 15 is 0 Å². The van der Waals surface area contributed by atoms with Crippen LogP contribution in [0.1, 0.15) is 10.4 Å². The van der Waals surface area contributed by atoms with Crippen molar-refractivity contribution in [1.29, 1.82) is 0 Å². The number of benzene rings is 2. The fraction of sp³-hybridized carbons (Fsp3) is 0.278. The van der Waals surface area contributed by atoms with Gasteiger partial charge in [-0.05, 0) is 35.9 Å². The number of halogens is 2. The zero-order chi connectivity index (χ0) is 16.9. The highest BCUT2D eigenvalue weighted by atomic mass is 35.5. The smallest absolute Gasteiger partial charge is 0.251 e. The number of ether oxygens (including phenoxy) is 1. The zero-order valence-corrected chi connectivity index (χ0v) is 13.8. The van der Waals surface area contributed by atoms with Gasteiger partial charge < -0.3 is 15.4 Å². The van der Waals surface area contributed by atoms with E-state index in [-0.39, 0.29) is 17.8 Å². The van der Waals surface area contributed by atoms with Gasteiger partial charge in [-0.3, -0.25) is 4.79 Å². The van der Waals surface area contributed by atoms with Gasteiger partial charge in [0, 0.05) is 35.8 Å². The average Bonchev–Trinajstić information content (AvgIpc) is 2.62. The molecule has 2 aromatic rings. The Hall–Kier alpha value is -1.95. The Morgan fingerprint density at radius 2 is 2.21 bits per heavy atom. The van der Waals surface area contributed by atoms with E-state index in [0.29, 0.717) is 41.4 Å². The number of carbonyl (C=O) groups is 1. The van der Waals surface area contributed by atoms with Gasteiger partial charge in [0.15, 0.2) is 0 Å². The van der Waals surface area contributed by atoms with E-state index in [9.17, 15) is 9.18 Å². The second-order valence-corrected chi connectivity index (χ2v) is 6.05. The van der Waals surface area contributed by atoms with Crippen LogP contribution in [0.3, 0.4) is 0 Å². The Morgan fingerprint density at radius 1 is 1.33 bits per heavy atom. The Kier molecular flexibility index (Phi) is 5.45. The van der Waals surface area contributed by atoms with Gasteiger partial charge in [0.05, 0.1) is 12.7 Å². The van der Waals surface area contributed by atoms with E-state index in [1.807, 2.05) is 0 Å². The van der Waals surface area contributed by atoms with E-state index in [0.717, 1.165) is 6.54 Å². The van der Waals surface area contributed by atoms with Crippen molar-refractivity contribution < 1.29 is 13.9 Å². The van der Waals surface area contributed by atoms with Crippen molar-refractivity contribution in [3.05, 3.63) is 58.9 Å². The molecule has 4 nitrogen and oxygen atoms in total. The zero-order valence-electron chi connectivity index (χ0n) is 13.0. The molecule has 2 aromatic carbocycles. The third kappa shape index (κ3) is 4.12. The van der Waals surface area contributed by atoms with Crippen molar-refractivity contribution in [1.82, 2.24) is 10.6 Å². The fourth-order valence-corrected chi connectivity index (χ4v) is 2.78. The minimum atomic E-state index is -0.376. The summed E-state index contributed by atoms with van der Waals surface area (Å²) >= 11 is 5.94. The lowest BCUT2D eigenvalue weighted by Gasteiger charge is -2.23. The number of hydrogen-bond donors (Lipinski definition) is 2. The second-order valence-electron chi connectivity index (χ2n) is 5.61. The molecule has 1 fully saturated rings. The van der Waals surface area contributed by atoms with Gasteiger partial charge in [-0.1, -0.05) is 23.7 Å². The van der Waals surface area contributed by atoms with Crippen molar-refractivity contribution in [3.63, 3.8) is 0 Å².